The topological polar surface area (TPSA) is 76.6 Å². The summed E-state index contributed by atoms with van der Waals surface area (Å²) in [5.74, 6) is -0.413. The predicted octanol–water partition coefficient (Wildman–Crippen LogP) is 3.49. The molecule has 0 atom stereocenters. The molecule has 1 aliphatic heterocycles. The molecular weight excluding hydrogens is 332 g/mol. The van der Waals surface area contributed by atoms with Crippen LogP contribution in [-0.4, -0.2) is 46.2 Å². The van der Waals surface area contributed by atoms with Crippen molar-refractivity contribution in [3.05, 3.63) is 29.1 Å². The summed E-state index contributed by atoms with van der Waals surface area (Å²) in [5, 5.41) is 0. The number of pyridine rings is 1. The van der Waals surface area contributed by atoms with E-state index in [9.17, 15) is 14.4 Å². The van der Waals surface area contributed by atoms with Crippen molar-refractivity contribution in [3.63, 3.8) is 0 Å². The van der Waals surface area contributed by atoms with Crippen LogP contribution in [0, 0.1) is 19.8 Å². The molecular formula is C20H28N2O4. The van der Waals surface area contributed by atoms with Crippen LogP contribution < -0.4 is 0 Å². The monoisotopic (exact) mass is 360 g/mol. The zero-order valence-electron chi connectivity index (χ0n) is 16.3. The number of carbonyl (C=O) groups excluding carboxylic acids is 3. The van der Waals surface area contributed by atoms with Gasteiger partial charge in [0.1, 0.15) is 11.4 Å². The summed E-state index contributed by atoms with van der Waals surface area (Å²) in [6.07, 6.45) is 2.34. The molecule has 1 aromatic heterocycles. The number of piperidine rings is 1. The van der Waals surface area contributed by atoms with Crippen molar-refractivity contribution >= 4 is 17.7 Å². The third-order valence-electron chi connectivity index (χ3n) is 4.56. The van der Waals surface area contributed by atoms with Gasteiger partial charge in [0.15, 0.2) is 5.78 Å². The summed E-state index contributed by atoms with van der Waals surface area (Å²) < 4.78 is 5.36. The molecule has 0 saturated carbocycles. The Hall–Kier alpha value is -2.24. The Morgan fingerprint density at radius 3 is 2.35 bits per heavy atom. The second-order valence-corrected chi connectivity index (χ2v) is 7.90. The van der Waals surface area contributed by atoms with Gasteiger partial charge in [-0.2, -0.15) is 0 Å². The number of aryl methyl sites for hydroxylation is 2. The number of ketones is 2. The maximum atomic E-state index is 12.5. The van der Waals surface area contributed by atoms with Crippen molar-refractivity contribution in [2.45, 2.75) is 59.5 Å². The lowest BCUT2D eigenvalue weighted by Gasteiger charge is -2.32. The van der Waals surface area contributed by atoms with Gasteiger partial charge in [0.05, 0.1) is 6.42 Å². The maximum absolute atomic E-state index is 12.5. The molecule has 0 N–H and O–H groups in total. The highest BCUT2D eigenvalue weighted by atomic mass is 16.6. The maximum Gasteiger partial charge on any atom is 0.410 e. The van der Waals surface area contributed by atoms with E-state index >= 15 is 0 Å². The second kappa shape index (κ2) is 7.98. The largest absolute Gasteiger partial charge is 0.444 e. The molecule has 1 saturated heterocycles. The minimum Gasteiger partial charge on any atom is -0.444 e. The lowest BCUT2D eigenvalue weighted by atomic mass is 9.88. The lowest BCUT2D eigenvalue weighted by Crippen LogP contribution is -2.43. The van der Waals surface area contributed by atoms with Gasteiger partial charge < -0.3 is 9.64 Å². The highest BCUT2D eigenvalue weighted by Crippen LogP contribution is 2.23. The molecule has 142 valence electrons. The minimum atomic E-state index is -0.532. The molecule has 2 rings (SSSR count). The van der Waals surface area contributed by atoms with Gasteiger partial charge in [-0.25, -0.2) is 4.79 Å². The van der Waals surface area contributed by atoms with Crippen LogP contribution >= 0.6 is 0 Å². The Bertz CT molecular complexity index is 678. The smallest absolute Gasteiger partial charge is 0.410 e. The number of rotatable bonds is 4. The summed E-state index contributed by atoms with van der Waals surface area (Å²) in [5.41, 5.74) is 1.51. The van der Waals surface area contributed by atoms with Gasteiger partial charge in [0.2, 0.25) is 0 Å². The van der Waals surface area contributed by atoms with Crippen LogP contribution in [0.1, 0.15) is 61.6 Å². The molecule has 1 aliphatic rings. The van der Waals surface area contributed by atoms with E-state index in [-0.39, 0.29) is 30.0 Å². The fourth-order valence-corrected chi connectivity index (χ4v) is 3.22. The highest BCUT2D eigenvalue weighted by Gasteiger charge is 2.31. The van der Waals surface area contributed by atoms with Crippen molar-refractivity contribution in [1.82, 2.24) is 9.88 Å². The fourth-order valence-electron chi connectivity index (χ4n) is 3.22. The predicted molar refractivity (Wildman–Crippen MR) is 98.2 cm³/mol. The molecule has 1 amide bonds. The molecule has 0 spiro atoms. The van der Waals surface area contributed by atoms with Gasteiger partial charge in [0.25, 0.3) is 0 Å². The van der Waals surface area contributed by atoms with Gasteiger partial charge in [-0.15, -0.1) is 0 Å². The van der Waals surface area contributed by atoms with Crippen LogP contribution in [0.15, 0.2) is 12.3 Å². The molecule has 0 radical (unpaired) electrons. The van der Waals surface area contributed by atoms with Gasteiger partial charge in [-0.3, -0.25) is 14.6 Å². The number of likely N-dealkylation sites (tertiary alicyclic amines) is 1. The Morgan fingerprint density at radius 1 is 1.19 bits per heavy atom. The SMILES string of the molecule is Cc1ccnc(C)c1C(=O)CC(=O)C1CCN(C(=O)OC(C)(C)C)CC1. The van der Waals surface area contributed by atoms with E-state index in [1.165, 1.54) is 0 Å². The zero-order valence-corrected chi connectivity index (χ0v) is 16.3. The second-order valence-electron chi connectivity index (χ2n) is 7.90. The van der Waals surface area contributed by atoms with Crippen LogP contribution in [0.25, 0.3) is 0 Å². The molecule has 6 nitrogen and oxygen atoms in total. The van der Waals surface area contributed by atoms with Crippen LogP contribution in [0.5, 0.6) is 0 Å². The summed E-state index contributed by atoms with van der Waals surface area (Å²) in [6, 6.07) is 1.78. The van der Waals surface area contributed by atoms with E-state index in [0.717, 1.165) is 5.56 Å². The van der Waals surface area contributed by atoms with Crippen LogP contribution in [0.4, 0.5) is 4.79 Å². The van der Waals surface area contributed by atoms with E-state index in [4.69, 9.17) is 4.74 Å². The number of aromatic nitrogens is 1. The summed E-state index contributed by atoms with van der Waals surface area (Å²) in [7, 11) is 0. The number of hydrogen-bond donors (Lipinski definition) is 0. The molecule has 0 aliphatic carbocycles. The van der Waals surface area contributed by atoms with Gasteiger partial charge in [-0.1, -0.05) is 0 Å². The normalized spacial score (nSPS) is 15.7. The molecule has 6 heteroatoms. The number of carbonyl (C=O) groups is 3. The van der Waals surface area contributed by atoms with E-state index in [0.29, 0.717) is 37.2 Å². The Kier molecular flexibility index (Phi) is 6.16. The molecule has 1 aromatic rings. The molecule has 2 heterocycles. The van der Waals surface area contributed by atoms with Gasteiger partial charge in [-0.05, 0) is 59.1 Å². The van der Waals surface area contributed by atoms with Crippen LogP contribution in [0.2, 0.25) is 0 Å². The van der Waals surface area contributed by atoms with Gasteiger partial charge in [0, 0.05) is 36.5 Å². The molecule has 0 bridgehead atoms. The van der Waals surface area contributed by atoms with Crippen molar-refractivity contribution in [1.29, 1.82) is 0 Å². The Labute approximate surface area is 154 Å². The number of amides is 1. The van der Waals surface area contributed by atoms with Gasteiger partial charge >= 0.3 is 6.09 Å². The number of nitrogens with zero attached hydrogens (tertiary/aromatic N) is 2. The molecule has 0 aromatic carbocycles. The third kappa shape index (κ3) is 5.13. The zero-order chi connectivity index (χ0) is 19.5. The average molecular weight is 360 g/mol. The lowest BCUT2D eigenvalue weighted by molar-refractivity contribution is -0.123. The standard InChI is InChI=1S/C20H28N2O4/c1-13-6-9-21-14(2)18(13)17(24)12-16(23)15-7-10-22(11-8-15)19(25)26-20(3,4)5/h6,9,15H,7-8,10-12H2,1-5H3. The van der Waals surface area contributed by atoms with Crippen LogP contribution in [0.3, 0.4) is 0 Å². The van der Waals surface area contributed by atoms with E-state index in [1.54, 1.807) is 24.1 Å². The summed E-state index contributed by atoms with van der Waals surface area (Å²) in [4.78, 5) is 42.9. The first-order valence-electron chi connectivity index (χ1n) is 9.04. The molecule has 1 fully saturated rings. The van der Waals surface area contributed by atoms with E-state index in [2.05, 4.69) is 4.98 Å². The van der Waals surface area contributed by atoms with E-state index in [1.807, 2.05) is 27.7 Å². The van der Waals surface area contributed by atoms with E-state index < -0.39 is 5.60 Å². The van der Waals surface area contributed by atoms with Crippen molar-refractivity contribution in [3.8, 4) is 0 Å². The highest BCUT2D eigenvalue weighted by molar-refractivity contribution is 6.09. The first-order chi connectivity index (χ1) is 12.1. The average Bonchev–Trinajstić information content (AvgIpc) is 2.53. The van der Waals surface area contributed by atoms with Crippen molar-refractivity contribution in [2.75, 3.05) is 13.1 Å². The molecule has 26 heavy (non-hydrogen) atoms. The first kappa shape index (κ1) is 20.1. The third-order valence-corrected chi connectivity index (χ3v) is 4.56. The van der Waals surface area contributed by atoms with Crippen molar-refractivity contribution in [2.24, 2.45) is 5.92 Å². The van der Waals surface area contributed by atoms with Crippen LogP contribution in [-0.2, 0) is 9.53 Å². The first-order valence-corrected chi connectivity index (χ1v) is 9.04. The summed E-state index contributed by atoms with van der Waals surface area (Å²) in [6.45, 7) is 10.1. The minimum absolute atomic E-state index is 0.0542. The number of hydrogen-bond acceptors (Lipinski definition) is 5. The number of ether oxygens (including phenoxy) is 1. The molecule has 0 unspecified atom stereocenters. The number of Topliss-reactive ketones (excluding diaryl/α,β-unsaturated/α-hetero) is 2. The quantitative estimate of drug-likeness (QED) is 0.607. The Balaban J connectivity index is 1.91. The summed E-state index contributed by atoms with van der Waals surface area (Å²) >= 11 is 0. The van der Waals surface area contributed by atoms with Crippen molar-refractivity contribution < 1.29 is 19.1 Å². The Morgan fingerprint density at radius 2 is 1.81 bits per heavy atom. The fraction of sp³-hybridized carbons (Fsp3) is 0.600.